The molecule has 0 fully saturated rings. The Kier molecular flexibility index (Phi) is 6.71. The van der Waals surface area contributed by atoms with Crippen LogP contribution in [0.15, 0.2) is 54.7 Å². The predicted octanol–water partition coefficient (Wildman–Crippen LogP) is 5.53. The topological polar surface area (TPSA) is 59.7 Å². The molecule has 4 aromatic rings. The van der Waals surface area contributed by atoms with E-state index < -0.39 is 0 Å². The fourth-order valence-corrected chi connectivity index (χ4v) is 3.89. The number of aromatic nitrogens is 4. The molecule has 10 heteroatoms. The minimum Gasteiger partial charge on any atom is -0.329 e. The molecule has 0 saturated heterocycles. The van der Waals surface area contributed by atoms with Crippen molar-refractivity contribution in [1.82, 2.24) is 19.6 Å². The van der Waals surface area contributed by atoms with Crippen molar-refractivity contribution in [3.8, 4) is 0 Å². The second-order valence-corrected chi connectivity index (χ2v) is 8.33. The Labute approximate surface area is 200 Å². The third kappa shape index (κ3) is 5.37. The van der Waals surface area contributed by atoms with Crippen LogP contribution < -0.4 is 10.6 Å². The van der Waals surface area contributed by atoms with Gasteiger partial charge in [-0.2, -0.15) is 10.2 Å². The van der Waals surface area contributed by atoms with Gasteiger partial charge in [-0.1, -0.05) is 29.8 Å². The number of aryl methyl sites for hydroxylation is 1. The summed E-state index contributed by atoms with van der Waals surface area (Å²) >= 11 is 11.6. The lowest BCUT2D eigenvalue weighted by molar-refractivity contribution is 0.579. The highest BCUT2D eigenvalue weighted by Gasteiger charge is 2.16. The van der Waals surface area contributed by atoms with Gasteiger partial charge in [-0.15, -0.1) is 0 Å². The Morgan fingerprint density at radius 3 is 2.58 bits per heavy atom. The Bertz CT molecular complexity index is 1300. The van der Waals surface area contributed by atoms with Crippen molar-refractivity contribution in [2.24, 2.45) is 0 Å². The summed E-state index contributed by atoms with van der Waals surface area (Å²) < 4.78 is 30.9. The summed E-state index contributed by atoms with van der Waals surface area (Å²) in [7, 11) is 0. The lowest BCUT2D eigenvalue weighted by atomic mass is 10.2. The fourth-order valence-electron chi connectivity index (χ4n) is 3.46. The summed E-state index contributed by atoms with van der Waals surface area (Å²) in [5.74, 6) is -0.118. The highest BCUT2D eigenvalue weighted by Crippen LogP contribution is 2.24. The van der Waals surface area contributed by atoms with Crippen LogP contribution in [0.3, 0.4) is 0 Å². The van der Waals surface area contributed by atoms with Crippen LogP contribution in [0.5, 0.6) is 0 Å². The van der Waals surface area contributed by atoms with Crippen LogP contribution >= 0.6 is 23.8 Å². The highest BCUT2D eigenvalue weighted by molar-refractivity contribution is 7.80. The first-order valence-electron chi connectivity index (χ1n) is 10.1. The maximum absolute atomic E-state index is 14.2. The van der Waals surface area contributed by atoms with Crippen molar-refractivity contribution in [2.45, 2.75) is 26.9 Å². The summed E-state index contributed by atoms with van der Waals surface area (Å²) in [6.07, 6.45) is 1.78. The van der Waals surface area contributed by atoms with Gasteiger partial charge in [-0.3, -0.25) is 9.36 Å². The molecule has 0 saturated carbocycles. The molecule has 0 aliphatic rings. The maximum atomic E-state index is 14.2. The van der Waals surface area contributed by atoms with E-state index in [1.807, 2.05) is 19.9 Å². The van der Waals surface area contributed by atoms with Crippen molar-refractivity contribution in [3.05, 3.63) is 93.9 Å². The third-order valence-electron chi connectivity index (χ3n) is 5.11. The minimum atomic E-state index is -0.379. The van der Waals surface area contributed by atoms with Gasteiger partial charge in [0.1, 0.15) is 11.6 Å². The molecule has 0 unspecified atom stereocenters. The van der Waals surface area contributed by atoms with E-state index in [1.54, 1.807) is 39.8 Å². The molecular weight excluding hydrogens is 466 g/mol. The average Bonchev–Trinajstić information content (AvgIpc) is 3.29. The van der Waals surface area contributed by atoms with E-state index >= 15 is 0 Å². The maximum Gasteiger partial charge on any atom is 0.176 e. The summed E-state index contributed by atoms with van der Waals surface area (Å²) in [6.45, 7) is 4.34. The SMILES string of the molecule is Cc1nn(Cc2c(F)cccc2Cl)c(C)c1NC(=S)Nc1ccn(Cc2cccc(F)c2)n1. The Morgan fingerprint density at radius 1 is 1.03 bits per heavy atom. The molecule has 6 nitrogen and oxygen atoms in total. The van der Waals surface area contributed by atoms with Gasteiger partial charge in [0.25, 0.3) is 0 Å². The average molecular weight is 487 g/mol. The van der Waals surface area contributed by atoms with Crippen LogP contribution in [0.25, 0.3) is 0 Å². The molecule has 2 heterocycles. The summed E-state index contributed by atoms with van der Waals surface area (Å²) in [5.41, 5.74) is 3.40. The molecule has 0 radical (unpaired) electrons. The van der Waals surface area contributed by atoms with Gasteiger partial charge in [-0.25, -0.2) is 8.78 Å². The molecule has 33 heavy (non-hydrogen) atoms. The van der Waals surface area contributed by atoms with Crippen LogP contribution in [0, 0.1) is 25.5 Å². The van der Waals surface area contributed by atoms with Gasteiger partial charge in [0.15, 0.2) is 10.9 Å². The first-order chi connectivity index (χ1) is 15.8. The van der Waals surface area contributed by atoms with Gasteiger partial charge in [0, 0.05) is 22.8 Å². The van der Waals surface area contributed by atoms with Crippen molar-refractivity contribution in [2.75, 3.05) is 10.6 Å². The van der Waals surface area contributed by atoms with E-state index in [0.29, 0.717) is 33.8 Å². The van der Waals surface area contributed by atoms with Crippen LogP contribution in [-0.2, 0) is 13.1 Å². The molecule has 0 amide bonds. The molecule has 0 aliphatic carbocycles. The van der Waals surface area contributed by atoms with Crippen molar-refractivity contribution in [3.63, 3.8) is 0 Å². The van der Waals surface area contributed by atoms with Gasteiger partial charge < -0.3 is 10.6 Å². The molecule has 4 rings (SSSR count). The number of rotatable bonds is 6. The number of anilines is 2. The van der Waals surface area contributed by atoms with Crippen molar-refractivity contribution in [1.29, 1.82) is 0 Å². The standard InChI is InChI=1S/C23H21ClF2N6S/c1-14-22(15(2)32(29-14)13-18-19(24)7-4-8-20(18)26)28-23(33)27-21-9-10-31(30-21)12-16-5-3-6-17(25)11-16/h3-11H,12-13H2,1-2H3,(H2,27,28,30,33). The highest BCUT2D eigenvalue weighted by atomic mass is 35.5. The number of hydrogen-bond acceptors (Lipinski definition) is 3. The fraction of sp³-hybridized carbons (Fsp3) is 0.174. The van der Waals surface area contributed by atoms with Crippen LogP contribution in [0.4, 0.5) is 20.3 Å². The summed E-state index contributed by atoms with van der Waals surface area (Å²) in [4.78, 5) is 0. The quantitative estimate of drug-likeness (QED) is 0.351. The number of nitrogens with one attached hydrogen (secondary N) is 2. The van der Waals surface area contributed by atoms with Gasteiger partial charge in [0.05, 0.1) is 30.2 Å². The van der Waals surface area contributed by atoms with Gasteiger partial charge in [-0.05, 0) is 55.9 Å². The number of benzene rings is 2. The van der Waals surface area contributed by atoms with Crippen molar-refractivity contribution >= 4 is 40.4 Å². The Balaban J connectivity index is 1.42. The largest absolute Gasteiger partial charge is 0.329 e. The monoisotopic (exact) mass is 486 g/mol. The van der Waals surface area contributed by atoms with E-state index in [-0.39, 0.29) is 18.2 Å². The Hall–Kier alpha value is -3.30. The lowest BCUT2D eigenvalue weighted by Gasteiger charge is -2.11. The number of hydrogen-bond donors (Lipinski definition) is 2. The van der Waals surface area contributed by atoms with Crippen LogP contribution in [-0.4, -0.2) is 24.7 Å². The lowest BCUT2D eigenvalue weighted by Crippen LogP contribution is -2.20. The smallest absolute Gasteiger partial charge is 0.176 e. The van der Waals surface area contributed by atoms with Crippen LogP contribution in [0.1, 0.15) is 22.5 Å². The summed E-state index contributed by atoms with van der Waals surface area (Å²) in [5, 5.41) is 15.8. The second-order valence-electron chi connectivity index (χ2n) is 7.51. The second kappa shape index (κ2) is 9.68. The zero-order valence-corrected chi connectivity index (χ0v) is 19.5. The molecule has 0 bridgehead atoms. The third-order valence-corrected chi connectivity index (χ3v) is 5.66. The zero-order chi connectivity index (χ0) is 23.5. The van der Waals surface area contributed by atoms with Crippen LogP contribution in [0.2, 0.25) is 5.02 Å². The van der Waals surface area contributed by atoms with E-state index in [2.05, 4.69) is 20.8 Å². The van der Waals surface area contributed by atoms with E-state index in [4.69, 9.17) is 23.8 Å². The first-order valence-corrected chi connectivity index (χ1v) is 10.9. The Morgan fingerprint density at radius 2 is 1.82 bits per heavy atom. The molecule has 2 aromatic carbocycles. The zero-order valence-electron chi connectivity index (χ0n) is 17.9. The summed E-state index contributed by atoms with van der Waals surface area (Å²) in [6, 6.07) is 12.7. The van der Waals surface area contributed by atoms with E-state index in [0.717, 1.165) is 16.9 Å². The van der Waals surface area contributed by atoms with E-state index in [9.17, 15) is 8.78 Å². The number of nitrogens with zero attached hydrogens (tertiary/aromatic N) is 4. The number of thiocarbonyl (C=S) groups is 1. The molecule has 170 valence electrons. The van der Waals surface area contributed by atoms with Crippen molar-refractivity contribution < 1.29 is 8.78 Å². The first kappa shape index (κ1) is 22.9. The van der Waals surface area contributed by atoms with E-state index in [1.165, 1.54) is 18.2 Å². The molecule has 0 aliphatic heterocycles. The van der Waals surface area contributed by atoms with Gasteiger partial charge in [0.2, 0.25) is 0 Å². The molecular formula is C23H21ClF2N6S. The normalized spacial score (nSPS) is 10.9. The van der Waals surface area contributed by atoms with Gasteiger partial charge >= 0.3 is 0 Å². The predicted molar refractivity (Wildman–Crippen MR) is 130 cm³/mol. The molecule has 2 N–H and O–H groups in total. The molecule has 0 atom stereocenters. The molecule has 2 aromatic heterocycles. The minimum absolute atomic E-state index is 0.199. The molecule has 0 spiro atoms. The number of halogens is 3.